The number of rotatable bonds is 8. The maximum absolute atomic E-state index is 6.09. The van der Waals surface area contributed by atoms with Crippen LogP contribution in [0.25, 0.3) is 0 Å². The number of halogens is 1. The topological polar surface area (TPSA) is 27.7 Å². The second kappa shape index (κ2) is 8.54. The van der Waals surface area contributed by atoms with E-state index in [-0.39, 0.29) is 0 Å². The van der Waals surface area contributed by atoms with E-state index in [1.165, 1.54) is 0 Å². The van der Waals surface area contributed by atoms with Crippen molar-refractivity contribution < 1.29 is 14.2 Å². The summed E-state index contributed by atoms with van der Waals surface area (Å²) in [4.78, 5) is 0. The predicted octanol–water partition coefficient (Wildman–Crippen LogP) is 4.76. The van der Waals surface area contributed by atoms with E-state index in [9.17, 15) is 0 Å². The van der Waals surface area contributed by atoms with Crippen molar-refractivity contribution in [2.75, 3.05) is 20.3 Å². The second-order valence-electron chi connectivity index (χ2n) is 4.84. The molecule has 4 heteroatoms. The molecule has 0 aliphatic rings. The van der Waals surface area contributed by atoms with Crippen molar-refractivity contribution >= 4 is 11.6 Å². The summed E-state index contributed by atoms with van der Waals surface area (Å²) in [6, 6.07) is 13.3. The highest BCUT2D eigenvalue weighted by Crippen LogP contribution is 2.23. The van der Waals surface area contributed by atoms with Gasteiger partial charge in [0.15, 0.2) is 0 Å². The van der Waals surface area contributed by atoms with Gasteiger partial charge in [0.25, 0.3) is 0 Å². The smallest absolute Gasteiger partial charge is 0.122 e. The van der Waals surface area contributed by atoms with E-state index in [4.69, 9.17) is 25.8 Å². The minimum absolute atomic E-state index is 0.599. The Morgan fingerprint density at radius 3 is 2.27 bits per heavy atom. The van der Waals surface area contributed by atoms with Crippen molar-refractivity contribution in [1.29, 1.82) is 0 Å². The first-order valence-corrected chi connectivity index (χ1v) is 7.78. The Bertz CT molecular complexity index is 599. The number of benzene rings is 2. The minimum Gasteiger partial charge on any atom is -0.497 e. The lowest BCUT2D eigenvalue weighted by Gasteiger charge is -2.10. The first-order valence-electron chi connectivity index (χ1n) is 7.41. The van der Waals surface area contributed by atoms with E-state index < -0.39 is 0 Å². The van der Waals surface area contributed by atoms with Crippen molar-refractivity contribution in [3.05, 3.63) is 53.1 Å². The largest absolute Gasteiger partial charge is 0.497 e. The fourth-order valence-electron chi connectivity index (χ4n) is 2.04. The van der Waals surface area contributed by atoms with Crippen molar-refractivity contribution in [2.45, 2.75) is 19.8 Å². The SMILES string of the molecule is CCc1cc(OCCCOc2cccc(OC)c2)ccc1Cl. The van der Waals surface area contributed by atoms with Crippen molar-refractivity contribution in [2.24, 2.45) is 0 Å². The van der Waals surface area contributed by atoms with E-state index in [1.807, 2.05) is 42.5 Å². The van der Waals surface area contributed by atoms with Gasteiger partial charge in [-0.1, -0.05) is 24.6 Å². The molecular weight excluding hydrogens is 300 g/mol. The lowest BCUT2D eigenvalue weighted by Crippen LogP contribution is -2.05. The second-order valence-corrected chi connectivity index (χ2v) is 5.24. The summed E-state index contributed by atoms with van der Waals surface area (Å²) in [5.74, 6) is 2.45. The van der Waals surface area contributed by atoms with Gasteiger partial charge in [-0.25, -0.2) is 0 Å². The summed E-state index contributed by atoms with van der Waals surface area (Å²) in [6.45, 7) is 3.28. The lowest BCUT2D eigenvalue weighted by atomic mass is 10.1. The fraction of sp³-hybridized carbons (Fsp3) is 0.333. The number of hydrogen-bond donors (Lipinski definition) is 0. The summed E-state index contributed by atoms with van der Waals surface area (Å²) in [7, 11) is 1.64. The third-order valence-corrected chi connectivity index (χ3v) is 3.63. The highest BCUT2D eigenvalue weighted by atomic mass is 35.5. The normalized spacial score (nSPS) is 10.3. The summed E-state index contributed by atoms with van der Waals surface area (Å²) in [5.41, 5.74) is 1.10. The Morgan fingerprint density at radius 1 is 0.909 bits per heavy atom. The van der Waals surface area contributed by atoms with Crippen molar-refractivity contribution in [1.82, 2.24) is 0 Å². The Hall–Kier alpha value is -1.87. The van der Waals surface area contributed by atoms with Crippen LogP contribution in [0.4, 0.5) is 0 Å². The van der Waals surface area contributed by atoms with E-state index in [0.717, 1.165) is 40.7 Å². The molecular formula is C18H21ClO3. The number of hydrogen-bond acceptors (Lipinski definition) is 3. The lowest BCUT2D eigenvalue weighted by molar-refractivity contribution is 0.247. The monoisotopic (exact) mass is 320 g/mol. The Labute approximate surface area is 136 Å². The van der Waals surface area contributed by atoms with Crippen LogP contribution < -0.4 is 14.2 Å². The van der Waals surface area contributed by atoms with Gasteiger partial charge in [0.05, 0.1) is 20.3 Å². The molecule has 2 aromatic rings. The molecule has 0 unspecified atom stereocenters. The van der Waals surface area contributed by atoms with Gasteiger partial charge in [-0.3, -0.25) is 0 Å². The van der Waals surface area contributed by atoms with E-state index in [2.05, 4.69) is 6.92 Å². The van der Waals surface area contributed by atoms with Gasteiger partial charge >= 0.3 is 0 Å². The average Bonchev–Trinajstić information content (AvgIpc) is 2.56. The van der Waals surface area contributed by atoms with Crippen LogP contribution in [-0.4, -0.2) is 20.3 Å². The molecule has 2 rings (SSSR count). The van der Waals surface area contributed by atoms with Gasteiger partial charge in [0, 0.05) is 17.5 Å². The quantitative estimate of drug-likeness (QED) is 0.656. The van der Waals surface area contributed by atoms with Crippen LogP contribution in [0.15, 0.2) is 42.5 Å². The minimum atomic E-state index is 0.599. The molecule has 22 heavy (non-hydrogen) atoms. The molecule has 0 N–H and O–H groups in total. The van der Waals surface area contributed by atoms with Crippen LogP contribution in [-0.2, 0) is 6.42 Å². The third-order valence-electron chi connectivity index (χ3n) is 3.27. The molecule has 0 spiro atoms. The van der Waals surface area contributed by atoms with Gasteiger partial charge < -0.3 is 14.2 Å². The highest BCUT2D eigenvalue weighted by molar-refractivity contribution is 6.31. The van der Waals surface area contributed by atoms with Gasteiger partial charge in [0.2, 0.25) is 0 Å². The molecule has 0 bridgehead atoms. The molecule has 0 heterocycles. The fourth-order valence-corrected chi connectivity index (χ4v) is 2.29. The van der Waals surface area contributed by atoms with Gasteiger partial charge in [-0.05, 0) is 42.3 Å². The van der Waals surface area contributed by atoms with Crippen molar-refractivity contribution in [3.63, 3.8) is 0 Å². The number of methoxy groups -OCH3 is 1. The predicted molar refractivity (Wildman–Crippen MR) is 89.4 cm³/mol. The molecule has 0 aliphatic carbocycles. The molecule has 0 saturated carbocycles. The highest BCUT2D eigenvalue weighted by Gasteiger charge is 2.01. The van der Waals surface area contributed by atoms with Crippen LogP contribution in [0, 0.1) is 0 Å². The zero-order valence-corrected chi connectivity index (χ0v) is 13.7. The van der Waals surface area contributed by atoms with E-state index in [0.29, 0.717) is 13.2 Å². The van der Waals surface area contributed by atoms with Gasteiger partial charge in [-0.2, -0.15) is 0 Å². The summed E-state index contributed by atoms with van der Waals surface area (Å²) < 4.78 is 16.5. The molecule has 0 aromatic heterocycles. The van der Waals surface area contributed by atoms with Gasteiger partial charge in [-0.15, -0.1) is 0 Å². The third kappa shape index (κ3) is 4.85. The summed E-state index contributed by atoms with van der Waals surface area (Å²) >= 11 is 6.09. The average molecular weight is 321 g/mol. The zero-order chi connectivity index (χ0) is 15.8. The first-order chi connectivity index (χ1) is 10.7. The Balaban J connectivity index is 1.73. The molecule has 0 atom stereocenters. The summed E-state index contributed by atoms with van der Waals surface area (Å²) in [5, 5.41) is 0.788. The van der Waals surface area contributed by atoms with Crippen LogP contribution >= 0.6 is 11.6 Å². The Morgan fingerprint density at radius 2 is 1.59 bits per heavy atom. The van der Waals surface area contributed by atoms with Crippen LogP contribution in [0.2, 0.25) is 5.02 Å². The van der Waals surface area contributed by atoms with E-state index in [1.54, 1.807) is 7.11 Å². The van der Waals surface area contributed by atoms with Crippen LogP contribution in [0.3, 0.4) is 0 Å². The maximum Gasteiger partial charge on any atom is 0.122 e. The zero-order valence-electron chi connectivity index (χ0n) is 13.0. The molecule has 0 saturated heterocycles. The molecule has 0 aliphatic heterocycles. The Kier molecular flexibility index (Phi) is 6.41. The van der Waals surface area contributed by atoms with Crippen LogP contribution in [0.1, 0.15) is 18.9 Å². The maximum atomic E-state index is 6.09. The standard InChI is InChI=1S/C18H21ClO3/c1-3-14-12-17(8-9-18(14)19)22-11-5-10-21-16-7-4-6-15(13-16)20-2/h4,6-9,12-13H,3,5,10-11H2,1-2H3. The van der Waals surface area contributed by atoms with Crippen LogP contribution in [0.5, 0.6) is 17.2 Å². The number of aryl methyl sites for hydroxylation is 1. The first kappa shape index (κ1) is 16.5. The molecule has 0 radical (unpaired) electrons. The van der Waals surface area contributed by atoms with Crippen molar-refractivity contribution in [3.8, 4) is 17.2 Å². The molecule has 0 amide bonds. The molecule has 118 valence electrons. The number of ether oxygens (including phenoxy) is 3. The molecule has 0 fully saturated rings. The van der Waals surface area contributed by atoms with Gasteiger partial charge in [0.1, 0.15) is 17.2 Å². The van der Waals surface area contributed by atoms with E-state index >= 15 is 0 Å². The molecule has 2 aromatic carbocycles. The summed E-state index contributed by atoms with van der Waals surface area (Å²) in [6.07, 6.45) is 1.70. The molecule has 3 nitrogen and oxygen atoms in total.